The van der Waals surface area contributed by atoms with Crippen molar-refractivity contribution in [2.75, 3.05) is 27.3 Å². The van der Waals surface area contributed by atoms with Crippen molar-refractivity contribution in [2.45, 2.75) is 78.6 Å². The molecular weight excluding hydrogens is 759 g/mol. The number of benzene rings is 3. The number of imidazole rings is 1. The summed E-state index contributed by atoms with van der Waals surface area (Å²) < 4.78 is 9.59. The van der Waals surface area contributed by atoms with E-state index in [4.69, 9.17) is 14.5 Å². The lowest BCUT2D eigenvalue weighted by atomic mass is 9.99. The maximum Gasteiger partial charge on any atom is 0.407 e. The maximum atomic E-state index is 13.8. The third-order valence-electron chi connectivity index (χ3n) is 12.0. The topological polar surface area (TPSA) is 162 Å². The van der Waals surface area contributed by atoms with E-state index >= 15 is 0 Å². The Balaban J connectivity index is 1.03. The number of nitrogens with zero attached hydrogens (tertiary/aromatic N) is 3. The van der Waals surface area contributed by atoms with Crippen molar-refractivity contribution >= 4 is 34.9 Å². The average Bonchev–Trinajstić information content (AvgIpc) is 4.06. The van der Waals surface area contributed by atoms with Crippen LogP contribution in [0.15, 0.2) is 79.0 Å². The first-order chi connectivity index (χ1) is 28.7. The molecule has 7 rings (SSSR count). The molecule has 316 valence electrons. The number of likely N-dealkylation sites (tertiary alicyclic amines) is 2. The van der Waals surface area contributed by atoms with Crippen LogP contribution >= 0.6 is 0 Å². The highest BCUT2D eigenvalue weighted by atomic mass is 16.5. The molecule has 13 heteroatoms. The first-order valence-corrected chi connectivity index (χ1v) is 20.9. The van der Waals surface area contributed by atoms with Crippen LogP contribution < -0.4 is 10.6 Å². The number of aromatic nitrogens is 3. The zero-order valence-electron chi connectivity index (χ0n) is 35.7. The smallest absolute Gasteiger partial charge is 0.407 e. The number of rotatable bonds is 11. The van der Waals surface area contributed by atoms with Gasteiger partial charge in [-0.15, -0.1) is 0 Å². The number of H-pyrrole nitrogens is 2. The summed E-state index contributed by atoms with van der Waals surface area (Å²) in [5.41, 5.74) is 8.19. The van der Waals surface area contributed by atoms with Gasteiger partial charge >= 0.3 is 12.2 Å². The quantitative estimate of drug-likeness (QED) is 0.104. The maximum absolute atomic E-state index is 13.8. The SMILES string of the molecule is COC(=O)N[C@H](C(=O)N1C[C@@H](C)C[C@H]1c1cc2ccc(-c3ccc(-c4ccc(-c5cnc([C@@H]6C[C@H](C)CN6C(=O)[C@@H](NC(=O)OC)C(C)C)[nH]5)cc4)cc3)cc2[nH]1)C(C)C. The van der Waals surface area contributed by atoms with Crippen LogP contribution in [0.5, 0.6) is 0 Å². The van der Waals surface area contributed by atoms with E-state index in [1.807, 2.05) is 43.7 Å². The van der Waals surface area contributed by atoms with E-state index in [2.05, 4.69) is 107 Å². The number of carbonyl (C=O) groups excluding carboxylic acids is 4. The number of nitrogens with one attached hydrogen (secondary N) is 4. The minimum atomic E-state index is -0.696. The molecular formula is C47H57N7O6. The average molecular weight is 816 g/mol. The summed E-state index contributed by atoms with van der Waals surface area (Å²) >= 11 is 0. The van der Waals surface area contributed by atoms with Gasteiger partial charge in [0, 0.05) is 24.3 Å². The molecule has 4 N–H and O–H groups in total. The van der Waals surface area contributed by atoms with Gasteiger partial charge in [-0.25, -0.2) is 14.6 Å². The number of methoxy groups -OCH3 is 2. The molecule has 2 aliphatic rings. The minimum absolute atomic E-state index is 0.0950. The van der Waals surface area contributed by atoms with Gasteiger partial charge in [-0.3, -0.25) is 9.59 Å². The van der Waals surface area contributed by atoms with Gasteiger partial charge in [-0.2, -0.15) is 0 Å². The van der Waals surface area contributed by atoms with Gasteiger partial charge in [-0.1, -0.05) is 102 Å². The molecule has 2 saturated heterocycles. The number of aromatic amines is 2. The second kappa shape index (κ2) is 17.6. The van der Waals surface area contributed by atoms with Crippen LogP contribution in [-0.2, 0) is 19.1 Å². The summed E-state index contributed by atoms with van der Waals surface area (Å²) in [7, 11) is 2.60. The lowest BCUT2D eigenvalue weighted by molar-refractivity contribution is -0.136. The Labute approximate surface area is 351 Å². The molecule has 6 atom stereocenters. The van der Waals surface area contributed by atoms with Gasteiger partial charge < -0.3 is 39.9 Å². The van der Waals surface area contributed by atoms with E-state index in [-0.39, 0.29) is 41.7 Å². The Morgan fingerprint density at radius 1 is 0.650 bits per heavy atom. The first kappa shape index (κ1) is 42.0. The van der Waals surface area contributed by atoms with Gasteiger partial charge in [-0.05, 0) is 81.8 Å². The zero-order valence-corrected chi connectivity index (χ0v) is 35.7. The Hall–Kier alpha value is -6.11. The molecule has 0 spiro atoms. The minimum Gasteiger partial charge on any atom is -0.453 e. The van der Waals surface area contributed by atoms with Crippen molar-refractivity contribution in [1.82, 2.24) is 35.4 Å². The first-order valence-electron chi connectivity index (χ1n) is 20.9. The molecule has 4 amide bonds. The second-order valence-electron chi connectivity index (χ2n) is 17.3. The molecule has 0 bridgehead atoms. The van der Waals surface area contributed by atoms with E-state index in [9.17, 15) is 19.2 Å². The van der Waals surface area contributed by atoms with Crippen molar-refractivity contribution in [3.05, 3.63) is 90.5 Å². The number of carbonyl (C=O) groups is 4. The van der Waals surface area contributed by atoms with Crippen molar-refractivity contribution < 1.29 is 28.7 Å². The van der Waals surface area contributed by atoms with E-state index in [1.165, 1.54) is 14.2 Å². The van der Waals surface area contributed by atoms with Gasteiger partial charge in [0.15, 0.2) is 0 Å². The summed E-state index contributed by atoms with van der Waals surface area (Å²) in [4.78, 5) is 67.2. The summed E-state index contributed by atoms with van der Waals surface area (Å²) in [6, 6.07) is 23.7. The van der Waals surface area contributed by atoms with Crippen LogP contribution in [0.3, 0.4) is 0 Å². The molecule has 2 aromatic heterocycles. The third-order valence-corrected chi connectivity index (χ3v) is 12.0. The van der Waals surface area contributed by atoms with Gasteiger partial charge in [0.05, 0.1) is 38.2 Å². The van der Waals surface area contributed by atoms with Gasteiger partial charge in [0.2, 0.25) is 11.8 Å². The van der Waals surface area contributed by atoms with E-state index in [1.54, 1.807) is 0 Å². The van der Waals surface area contributed by atoms with Crippen molar-refractivity contribution in [1.29, 1.82) is 0 Å². The summed E-state index contributed by atoms with van der Waals surface area (Å²) in [6.07, 6.45) is 2.19. The lowest BCUT2D eigenvalue weighted by Crippen LogP contribution is -2.51. The summed E-state index contributed by atoms with van der Waals surface area (Å²) in [6.45, 7) is 13.1. The van der Waals surface area contributed by atoms with Crippen LogP contribution in [0, 0.1) is 23.7 Å². The molecule has 5 aromatic rings. The number of fused-ring (bicyclic) bond motifs is 1. The normalized spacial score (nSPS) is 20.1. The summed E-state index contributed by atoms with van der Waals surface area (Å²) in [5, 5.41) is 6.53. The number of alkyl carbamates (subject to hydrolysis) is 2. The summed E-state index contributed by atoms with van der Waals surface area (Å²) in [5.74, 6) is 0.887. The number of hydrogen-bond acceptors (Lipinski definition) is 7. The Kier molecular flexibility index (Phi) is 12.3. The molecule has 3 aromatic carbocycles. The van der Waals surface area contributed by atoms with Crippen LogP contribution in [-0.4, -0.2) is 88.1 Å². The van der Waals surface area contributed by atoms with Crippen LogP contribution in [0.25, 0.3) is 44.4 Å². The monoisotopic (exact) mass is 815 g/mol. The fraction of sp³-hybridized carbons (Fsp3) is 0.426. The highest BCUT2D eigenvalue weighted by molar-refractivity contribution is 5.89. The zero-order chi connectivity index (χ0) is 42.8. The Morgan fingerprint density at radius 2 is 1.12 bits per heavy atom. The van der Waals surface area contributed by atoms with E-state index in [0.717, 1.165) is 68.8 Å². The molecule has 0 radical (unpaired) electrons. The van der Waals surface area contributed by atoms with Crippen LogP contribution in [0.2, 0.25) is 0 Å². The number of ether oxygens (including phenoxy) is 2. The predicted molar refractivity (Wildman–Crippen MR) is 232 cm³/mol. The van der Waals surface area contributed by atoms with Crippen LogP contribution in [0.4, 0.5) is 9.59 Å². The third kappa shape index (κ3) is 8.76. The van der Waals surface area contributed by atoms with Crippen molar-refractivity contribution in [2.24, 2.45) is 23.7 Å². The largest absolute Gasteiger partial charge is 0.453 e. The molecule has 0 saturated carbocycles. The molecule has 60 heavy (non-hydrogen) atoms. The fourth-order valence-corrected chi connectivity index (χ4v) is 8.75. The standard InChI is InChI=1S/C47H57N7O6/c1-26(2)41(51-46(57)59-7)44(55)53-24-28(5)19-39(53)37-22-35-18-17-34(21-36(35)49-37)32-11-9-30(10-12-32)31-13-15-33(16-14-31)38-23-48-43(50-38)40-20-29(6)25-54(40)45(56)42(27(3)4)52-47(58)60-8/h9-18,21-23,26-29,39-42,49H,19-20,24-25H2,1-8H3,(H,48,50)(H,51,57)(H,52,58)/t28-,29-,39-,40-,41-,42-/m0/s1. The molecule has 0 unspecified atom stereocenters. The Morgan fingerprint density at radius 3 is 1.63 bits per heavy atom. The van der Waals surface area contributed by atoms with E-state index in [0.29, 0.717) is 19.0 Å². The van der Waals surface area contributed by atoms with Gasteiger partial charge in [0.1, 0.15) is 17.9 Å². The highest BCUT2D eigenvalue weighted by Gasteiger charge is 2.41. The molecule has 4 heterocycles. The van der Waals surface area contributed by atoms with E-state index < -0.39 is 24.3 Å². The van der Waals surface area contributed by atoms with Gasteiger partial charge in [0.25, 0.3) is 0 Å². The predicted octanol–water partition coefficient (Wildman–Crippen LogP) is 8.47. The lowest BCUT2D eigenvalue weighted by Gasteiger charge is -2.30. The van der Waals surface area contributed by atoms with Crippen molar-refractivity contribution in [3.8, 4) is 33.5 Å². The Bertz CT molecular complexity index is 2330. The molecule has 0 aliphatic carbocycles. The fourth-order valence-electron chi connectivity index (χ4n) is 8.75. The number of amides is 4. The molecule has 13 nitrogen and oxygen atoms in total. The highest BCUT2D eigenvalue weighted by Crippen LogP contribution is 2.39. The molecule has 2 aliphatic heterocycles. The molecule has 2 fully saturated rings. The second-order valence-corrected chi connectivity index (χ2v) is 17.3. The van der Waals surface area contributed by atoms with Crippen molar-refractivity contribution in [3.63, 3.8) is 0 Å². The number of hydrogen-bond donors (Lipinski definition) is 4. The van der Waals surface area contributed by atoms with Crippen LogP contribution in [0.1, 0.15) is 78.0 Å².